The second-order valence-electron chi connectivity index (χ2n) is 7.21. The second kappa shape index (κ2) is 17.1. The van der Waals surface area contributed by atoms with Crippen LogP contribution in [0.4, 0.5) is 9.59 Å². The molecule has 12 nitrogen and oxygen atoms in total. The lowest BCUT2D eigenvalue weighted by molar-refractivity contribution is -0.140. The maximum absolute atomic E-state index is 12.2. The summed E-state index contributed by atoms with van der Waals surface area (Å²) in [5.74, 6) is -0.527. The minimum Gasteiger partial charge on any atom is -0.460 e. The highest BCUT2D eigenvalue weighted by Crippen LogP contribution is 2.32. The molecule has 0 aliphatic rings. The SMILES string of the molecule is C=CC(=O)OCCOCCNC(=O)Oc1cccc2c(OC(=O)NCCOCCOC(=O)C=C)cccc12. The van der Waals surface area contributed by atoms with Crippen molar-refractivity contribution in [2.45, 2.75) is 0 Å². The van der Waals surface area contributed by atoms with E-state index in [2.05, 4.69) is 23.8 Å². The zero-order valence-corrected chi connectivity index (χ0v) is 20.8. The van der Waals surface area contributed by atoms with Gasteiger partial charge in [0, 0.05) is 36.0 Å². The molecule has 2 N–H and O–H groups in total. The zero-order chi connectivity index (χ0) is 27.6. The number of fused-ring (bicyclic) bond motifs is 1. The first-order valence-corrected chi connectivity index (χ1v) is 11.6. The first-order valence-electron chi connectivity index (χ1n) is 11.6. The monoisotopic (exact) mass is 530 g/mol. The van der Waals surface area contributed by atoms with Crippen molar-refractivity contribution in [1.82, 2.24) is 10.6 Å². The molecule has 2 amide bonds. The number of rotatable bonds is 16. The normalized spacial score (nSPS) is 10.2. The van der Waals surface area contributed by atoms with E-state index in [1.165, 1.54) is 0 Å². The van der Waals surface area contributed by atoms with E-state index in [0.717, 1.165) is 12.2 Å². The Balaban J connectivity index is 1.77. The zero-order valence-electron chi connectivity index (χ0n) is 20.8. The second-order valence-corrected chi connectivity index (χ2v) is 7.21. The Bertz CT molecular complexity index is 1030. The molecule has 2 rings (SSSR count). The van der Waals surface area contributed by atoms with Crippen molar-refractivity contribution < 1.29 is 47.6 Å². The summed E-state index contributed by atoms with van der Waals surface area (Å²) in [5.41, 5.74) is 0. The molecule has 38 heavy (non-hydrogen) atoms. The molecule has 0 saturated carbocycles. The Hall–Kier alpha value is -4.42. The molecule has 0 aliphatic carbocycles. The molecule has 0 saturated heterocycles. The van der Waals surface area contributed by atoms with Gasteiger partial charge in [-0.15, -0.1) is 0 Å². The quantitative estimate of drug-likeness (QED) is 0.188. The van der Waals surface area contributed by atoms with Crippen LogP contribution in [-0.4, -0.2) is 76.9 Å². The Morgan fingerprint density at radius 3 is 1.45 bits per heavy atom. The highest BCUT2D eigenvalue weighted by Gasteiger charge is 2.12. The third-order valence-corrected chi connectivity index (χ3v) is 4.56. The van der Waals surface area contributed by atoms with Gasteiger partial charge in [-0.2, -0.15) is 0 Å². The number of ether oxygens (including phenoxy) is 6. The lowest BCUT2D eigenvalue weighted by atomic mass is 10.1. The predicted octanol–water partition coefficient (Wildman–Crippen LogP) is 2.51. The van der Waals surface area contributed by atoms with Crippen molar-refractivity contribution in [3.8, 4) is 11.5 Å². The van der Waals surface area contributed by atoms with Crippen LogP contribution in [0.5, 0.6) is 11.5 Å². The van der Waals surface area contributed by atoms with Gasteiger partial charge >= 0.3 is 24.1 Å². The van der Waals surface area contributed by atoms with E-state index in [9.17, 15) is 19.2 Å². The molecule has 0 fully saturated rings. The predicted molar refractivity (Wildman–Crippen MR) is 136 cm³/mol. The number of carbonyl (C=O) groups is 4. The number of amides is 2. The number of hydrogen-bond acceptors (Lipinski definition) is 10. The Kier molecular flexibility index (Phi) is 13.4. The summed E-state index contributed by atoms with van der Waals surface area (Å²) < 4.78 is 30.8. The van der Waals surface area contributed by atoms with Crippen molar-refractivity contribution in [2.24, 2.45) is 0 Å². The third-order valence-electron chi connectivity index (χ3n) is 4.56. The summed E-state index contributed by atoms with van der Waals surface area (Å²) in [6.07, 6.45) is 0.732. The van der Waals surface area contributed by atoms with Gasteiger partial charge in [0.05, 0.1) is 26.4 Å². The summed E-state index contributed by atoms with van der Waals surface area (Å²) in [7, 11) is 0. The number of nitrogens with one attached hydrogen (secondary N) is 2. The van der Waals surface area contributed by atoms with Gasteiger partial charge in [-0.25, -0.2) is 19.2 Å². The molecule has 2 aromatic rings. The Labute approximate surface area is 219 Å². The lowest BCUT2D eigenvalue weighted by Gasteiger charge is -2.12. The minimum absolute atomic E-state index is 0.0799. The molecule has 0 aliphatic heterocycles. The molecule has 2 aromatic carbocycles. The van der Waals surface area contributed by atoms with E-state index in [1.807, 2.05) is 0 Å². The smallest absolute Gasteiger partial charge is 0.412 e. The van der Waals surface area contributed by atoms with Crippen LogP contribution in [0, 0.1) is 0 Å². The van der Waals surface area contributed by atoms with Gasteiger partial charge in [0.1, 0.15) is 24.7 Å². The summed E-state index contributed by atoms with van der Waals surface area (Å²) in [6.45, 7) is 7.83. The van der Waals surface area contributed by atoms with Gasteiger partial charge in [0.2, 0.25) is 0 Å². The molecular weight excluding hydrogens is 500 g/mol. The van der Waals surface area contributed by atoms with Crippen molar-refractivity contribution in [3.05, 3.63) is 61.7 Å². The topological polar surface area (TPSA) is 148 Å². The first-order chi connectivity index (χ1) is 18.4. The minimum atomic E-state index is -0.692. The van der Waals surface area contributed by atoms with Gasteiger partial charge in [-0.3, -0.25) is 0 Å². The van der Waals surface area contributed by atoms with Gasteiger partial charge in [-0.05, 0) is 12.1 Å². The summed E-state index contributed by atoms with van der Waals surface area (Å²) >= 11 is 0. The van der Waals surface area contributed by atoms with Crippen LogP contribution in [0.15, 0.2) is 61.7 Å². The molecule has 0 spiro atoms. The fourth-order valence-electron chi connectivity index (χ4n) is 2.88. The highest BCUT2D eigenvalue weighted by atomic mass is 16.6. The van der Waals surface area contributed by atoms with E-state index >= 15 is 0 Å². The van der Waals surface area contributed by atoms with Crippen molar-refractivity contribution in [2.75, 3.05) is 52.7 Å². The fraction of sp³-hybridized carbons (Fsp3) is 0.308. The van der Waals surface area contributed by atoms with Gasteiger partial charge in [0.25, 0.3) is 0 Å². The van der Waals surface area contributed by atoms with E-state index in [0.29, 0.717) is 10.8 Å². The summed E-state index contributed by atoms with van der Waals surface area (Å²) in [5, 5.41) is 6.24. The standard InChI is InChI=1S/C26H30N2O10/c1-3-23(29)35-17-15-33-13-11-27-25(31)37-21-9-5-8-20-19(21)7-6-10-22(20)38-26(32)28-12-14-34-16-18-36-24(30)4-2/h3-10H,1-2,11-18H2,(H,27,31)(H,28,32). The summed E-state index contributed by atoms with van der Waals surface area (Å²) in [6, 6.07) is 10.00. The average molecular weight is 531 g/mol. The van der Waals surface area contributed by atoms with Crippen LogP contribution >= 0.6 is 0 Å². The van der Waals surface area contributed by atoms with E-state index in [-0.39, 0.29) is 64.2 Å². The highest BCUT2D eigenvalue weighted by molar-refractivity contribution is 5.95. The molecule has 204 valence electrons. The maximum Gasteiger partial charge on any atom is 0.412 e. The van der Waals surface area contributed by atoms with Crippen LogP contribution in [0.1, 0.15) is 0 Å². The van der Waals surface area contributed by atoms with Gasteiger partial charge in [-0.1, -0.05) is 37.4 Å². The first kappa shape index (κ1) is 29.8. The van der Waals surface area contributed by atoms with E-state index < -0.39 is 24.1 Å². The molecular formula is C26H30N2O10. The van der Waals surface area contributed by atoms with E-state index in [1.54, 1.807) is 36.4 Å². The number of carbonyl (C=O) groups excluding carboxylic acids is 4. The molecule has 0 unspecified atom stereocenters. The average Bonchev–Trinajstić information content (AvgIpc) is 2.92. The number of esters is 2. The fourth-order valence-corrected chi connectivity index (χ4v) is 2.88. The lowest BCUT2D eigenvalue weighted by Crippen LogP contribution is -2.30. The summed E-state index contributed by atoms with van der Waals surface area (Å²) in [4.78, 5) is 46.2. The van der Waals surface area contributed by atoms with Gasteiger partial charge in [0.15, 0.2) is 0 Å². The van der Waals surface area contributed by atoms with Gasteiger partial charge < -0.3 is 39.1 Å². The molecule has 0 atom stereocenters. The number of hydrogen-bond donors (Lipinski definition) is 2. The molecule has 12 heteroatoms. The maximum atomic E-state index is 12.2. The van der Waals surface area contributed by atoms with Crippen molar-refractivity contribution >= 4 is 34.9 Å². The Morgan fingerprint density at radius 2 is 1.05 bits per heavy atom. The van der Waals surface area contributed by atoms with Crippen LogP contribution < -0.4 is 20.1 Å². The van der Waals surface area contributed by atoms with Crippen LogP contribution in [0.2, 0.25) is 0 Å². The number of benzene rings is 2. The van der Waals surface area contributed by atoms with Crippen LogP contribution in [0.3, 0.4) is 0 Å². The third kappa shape index (κ3) is 11.1. The largest absolute Gasteiger partial charge is 0.460 e. The van der Waals surface area contributed by atoms with Crippen molar-refractivity contribution in [3.63, 3.8) is 0 Å². The molecule has 0 bridgehead atoms. The van der Waals surface area contributed by atoms with Crippen molar-refractivity contribution in [1.29, 1.82) is 0 Å². The van der Waals surface area contributed by atoms with Crippen LogP contribution in [-0.2, 0) is 28.5 Å². The Morgan fingerprint density at radius 1 is 0.632 bits per heavy atom. The molecule has 0 radical (unpaired) electrons. The van der Waals surface area contributed by atoms with Crippen LogP contribution in [0.25, 0.3) is 10.8 Å². The molecule has 0 aromatic heterocycles. The van der Waals surface area contributed by atoms with E-state index in [4.69, 9.17) is 28.4 Å². The molecule has 0 heterocycles.